The third-order valence-corrected chi connectivity index (χ3v) is 5.32. The summed E-state index contributed by atoms with van der Waals surface area (Å²) in [6, 6.07) is 13.2. The highest BCUT2D eigenvalue weighted by Gasteiger charge is 2.19. The lowest BCUT2D eigenvalue weighted by Crippen LogP contribution is -2.31. The standard InChI is InChI=1S/C24H27N3O4.2C2H6/c1-3-4-19(28)14-25-24(29)17-7-5-16(6-8-17)23-22(15(2)26-27-23)18-9-10-20-21(13-18)31-12-11-30-20;2*1-2/h5-10,13,19,28H,3-4,11-12,14H2,1-2H3,(H,25,29)(H,26,27);2*1-2H3. The molecule has 1 unspecified atom stereocenters. The number of rotatable bonds is 7. The van der Waals surface area contributed by atoms with E-state index in [9.17, 15) is 9.90 Å². The van der Waals surface area contributed by atoms with Gasteiger partial charge in [0.05, 0.1) is 6.10 Å². The maximum Gasteiger partial charge on any atom is 0.251 e. The number of carbonyl (C=O) groups excluding carboxylic acids is 1. The number of H-pyrrole nitrogens is 1. The Morgan fingerprint density at radius 3 is 2.31 bits per heavy atom. The number of aromatic amines is 1. The Morgan fingerprint density at radius 1 is 1.03 bits per heavy atom. The summed E-state index contributed by atoms with van der Waals surface area (Å²) in [5.41, 5.74) is 5.16. The molecule has 2 heterocycles. The summed E-state index contributed by atoms with van der Waals surface area (Å²) in [4.78, 5) is 12.4. The Morgan fingerprint density at radius 2 is 1.66 bits per heavy atom. The van der Waals surface area contributed by atoms with E-state index in [0.717, 1.165) is 46.0 Å². The van der Waals surface area contributed by atoms with E-state index >= 15 is 0 Å². The van der Waals surface area contributed by atoms with Crippen LogP contribution in [0.1, 0.15) is 63.5 Å². The molecule has 7 nitrogen and oxygen atoms in total. The van der Waals surface area contributed by atoms with Crippen molar-refractivity contribution in [1.82, 2.24) is 15.5 Å². The molecule has 3 N–H and O–H groups in total. The first-order chi connectivity index (χ1) is 17.1. The second-order valence-electron chi connectivity index (χ2n) is 7.66. The van der Waals surface area contributed by atoms with Gasteiger partial charge in [-0.25, -0.2) is 0 Å². The lowest BCUT2D eigenvalue weighted by molar-refractivity contribution is 0.0910. The number of carbonyl (C=O) groups is 1. The van der Waals surface area contributed by atoms with Gasteiger partial charge in [-0.2, -0.15) is 5.10 Å². The van der Waals surface area contributed by atoms with Crippen LogP contribution < -0.4 is 14.8 Å². The minimum Gasteiger partial charge on any atom is -0.486 e. The van der Waals surface area contributed by atoms with Gasteiger partial charge in [-0.3, -0.25) is 9.89 Å². The first-order valence-corrected chi connectivity index (χ1v) is 12.6. The van der Waals surface area contributed by atoms with Gasteiger partial charge < -0.3 is 19.9 Å². The average molecular weight is 482 g/mol. The summed E-state index contributed by atoms with van der Waals surface area (Å²) >= 11 is 0. The molecule has 190 valence electrons. The van der Waals surface area contributed by atoms with Crippen LogP contribution >= 0.6 is 0 Å². The number of hydrogen-bond acceptors (Lipinski definition) is 5. The van der Waals surface area contributed by atoms with Crippen molar-refractivity contribution in [3.8, 4) is 33.9 Å². The van der Waals surface area contributed by atoms with Gasteiger partial charge in [0, 0.05) is 28.9 Å². The normalized spacial score (nSPS) is 12.4. The molecule has 0 saturated carbocycles. The molecule has 3 aromatic rings. The van der Waals surface area contributed by atoms with Crippen LogP contribution in [0.5, 0.6) is 11.5 Å². The van der Waals surface area contributed by atoms with Crippen LogP contribution in [0.4, 0.5) is 0 Å². The van der Waals surface area contributed by atoms with Crippen LogP contribution in [0.3, 0.4) is 0 Å². The van der Waals surface area contributed by atoms with E-state index in [2.05, 4.69) is 15.5 Å². The molecule has 0 radical (unpaired) electrons. The zero-order valence-corrected chi connectivity index (χ0v) is 21.8. The van der Waals surface area contributed by atoms with Crippen molar-refractivity contribution in [2.45, 2.75) is 60.5 Å². The molecule has 1 aliphatic rings. The molecule has 0 saturated heterocycles. The van der Waals surface area contributed by atoms with Gasteiger partial charge in [0.1, 0.15) is 18.9 Å². The molecule has 35 heavy (non-hydrogen) atoms. The Kier molecular flexibility index (Phi) is 11.3. The molecule has 1 aromatic heterocycles. The van der Waals surface area contributed by atoms with Crippen LogP contribution in [-0.4, -0.2) is 47.1 Å². The maximum absolute atomic E-state index is 12.4. The molecule has 1 amide bonds. The second-order valence-corrected chi connectivity index (χ2v) is 7.66. The molecule has 1 aliphatic heterocycles. The van der Waals surface area contributed by atoms with Gasteiger partial charge in [-0.15, -0.1) is 0 Å². The first-order valence-electron chi connectivity index (χ1n) is 12.6. The Labute approximate surface area is 208 Å². The van der Waals surface area contributed by atoms with E-state index in [0.29, 0.717) is 25.2 Å². The lowest BCUT2D eigenvalue weighted by Gasteiger charge is -2.19. The number of fused-ring (bicyclic) bond motifs is 1. The molecular weight excluding hydrogens is 442 g/mol. The minimum absolute atomic E-state index is 0.202. The number of aryl methyl sites for hydroxylation is 1. The molecule has 0 aliphatic carbocycles. The van der Waals surface area contributed by atoms with Gasteiger partial charge in [0.25, 0.3) is 5.91 Å². The fraction of sp³-hybridized carbons (Fsp3) is 0.429. The number of amides is 1. The predicted molar refractivity (Wildman–Crippen MR) is 141 cm³/mol. The highest BCUT2D eigenvalue weighted by molar-refractivity contribution is 5.95. The SMILES string of the molecule is CC.CC.CCCC(O)CNC(=O)c1ccc(-c2n[nH]c(C)c2-c2ccc3c(c2)OCCO3)cc1. The van der Waals surface area contributed by atoms with E-state index in [1.807, 2.05) is 71.9 Å². The number of ether oxygens (including phenoxy) is 2. The first kappa shape index (κ1) is 27.9. The van der Waals surface area contributed by atoms with E-state index < -0.39 is 6.10 Å². The molecule has 0 spiro atoms. The quantitative estimate of drug-likeness (QED) is 0.398. The Balaban J connectivity index is 0.00000103. The fourth-order valence-corrected chi connectivity index (χ4v) is 3.72. The minimum atomic E-state index is -0.520. The topological polar surface area (TPSA) is 96.5 Å². The Hall–Kier alpha value is -3.32. The van der Waals surface area contributed by atoms with Crippen LogP contribution in [0.2, 0.25) is 0 Å². The second kappa shape index (κ2) is 14.2. The number of aliphatic hydroxyl groups excluding tert-OH is 1. The van der Waals surface area contributed by atoms with Gasteiger partial charge in [-0.1, -0.05) is 59.2 Å². The molecule has 0 bridgehead atoms. The summed E-state index contributed by atoms with van der Waals surface area (Å²) in [7, 11) is 0. The number of benzene rings is 2. The van der Waals surface area contributed by atoms with E-state index in [-0.39, 0.29) is 12.5 Å². The average Bonchev–Trinajstić information content (AvgIpc) is 3.30. The van der Waals surface area contributed by atoms with Crippen molar-refractivity contribution in [1.29, 1.82) is 0 Å². The predicted octanol–water partition coefficient (Wildman–Crippen LogP) is 5.77. The maximum atomic E-state index is 12.4. The van der Waals surface area contributed by atoms with Gasteiger partial charge >= 0.3 is 0 Å². The Bertz CT molecular complexity index is 1060. The van der Waals surface area contributed by atoms with E-state index in [1.165, 1.54) is 0 Å². The molecule has 4 rings (SSSR count). The molecular formula is C28H39N3O4. The van der Waals surface area contributed by atoms with Crippen LogP contribution in [0.25, 0.3) is 22.4 Å². The molecule has 7 heteroatoms. The van der Waals surface area contributed by atoms with Gasteiger partial charge in [0.2, 0.25) is 0 Å². The monoisotopic (exact) mass is 481 g/mol. The highest BCUT2D eigenvalue weighted by Crippen LogP contribution is 2.38. The van der Waals surface area contributed by atoms with Crippen molar-refractivity contribution in [2.75, 3.05) is 19.8 Å². The smallest absolute Gasteiger partial charge is 0.251 e. The van der Waals surface area contributed by atoms with Crippen molar-refractivity contribution in [2.24, 2.45) is 0 Å². The number of nitrogens with zero attached hydrogens (tertiary/aromatic N) is 1. The van der Waals surface area contributed by atoms with Crippen LogP contribution in [-0.2, 0) is 0 Å². The summed E-state index contributed by atoms with van der Waals surface area (Å²) in [5.74, 6) is 1.27. The van der Waals surface area contributed by atoms with Crippen LogP contribution in [0, 0.1) is 6.92 Å². The number of aliphatic hydroxyl groups is 1. The van der Waals surface area contributed by atoms with Gasteiger partial charge in [-0.05, 0) is 43.2 Å². The molecule has 2 aromatic carbocycles. The third-order valence-electron chi connectivity index (χ3n) is 5.32. The van der Waals surface area contributed by atoms with Gasteiger partial charge in [0.15, 0.2) is 11.5 Å². The number of aromatic nitrogens is 2. The summed E-state index contributed by atoms with van der Waals surface area (Å²) in [5, 5.41) is 20.2. The third kappa shape index (κ3) is 7.09. The zero-order chi connectivity index (χ0) is 25.8. The van der Waals surface area contributed by atoms with Crippen molar-refractivity contribution in [3.05, 3.63) is 53.7 Å². The largest absolute Gasteiger partial charge is 0.486 e. The van der Waals surface area contributed by atoms with Crippen LogP contribution in [0.15, 0.2) is 42.5 Å². The number of nitrogens with one attached hydrogen (secondary N) is 2. The zero-order valence-electron chi connectivity index (χ0n) is 21.8. The van der Waals surface area contributed by atoms with Crippen molar-refractivity contribution < 1.29 is 19.4 Å². The van der Waals surface area contributed by atoms with E-state index in [4.69, 9.17) is 9.47 Å². The highest BCUT2D eigenvalue weighted by atomic mass is 16.6. The number of hydrogen-bond donors (Lipinski definition) is 3. The summed E-state index contributed by atoms with van der Waals surface area (Å²) in [6.45, 7) is 13.3. The van der Waals surface area contributed by atoms with Crippen molar-refractivity contribution >= 4 is 5.91 Å². The molecule has 1 atom stereocenters. The van der Waals surface area contributed by atoms with Crippen molar-refractivity contribution in [3.63, 3.8) is 0 Å². The lowest BCUT2D eigenvalue weighted by atomic mass is 9.98. The molecule has 0 fully saturated rings. The summed E-state index contributed by atoms with van der Waals surface area (Å²) < 4.78 is 11.3. The fourth-order valence-electron chi connectivity index (χ4n) is 3.72. The summed E-state index contributed by atoms with van der Waals surface area (Å²) in [6.07, 6.45) is 1.02. The van der Waals surface area contributed by atoms with E-state index in [1.54, 1.807) is 12.1 Å².